The second-order valence-electron chi connectivity index (χ2n) is 5.80. The van der Waals surface area contributed by atoms with E-state index in [1.54, 1.807) is 0 Å². The van der Waals surface area contributed by atoms with Gasteiger partial charge in [0, 0.05) is 32.1 Å². The fourth-order valence-electron chi connectivity index (χ4n) is 2.33. The summed E-state index contributed by atoms with van der Waals surface area (Å²) in [5.41, 5.74) is 0.0126. The lowest BCUT2D eigenvalue weighted by Crippen LogP contribution is -2.40. The number of halogens is 2. The molecule has 2 aromatic rings. The third-order valence-corrected chi connectivity index (χ3v) is 5.87. The molecule has 0 N–H and O–H groups in total. The van der Waals surface area contributed by atoms with Gasteiger partial charge in [-0.15, -0.1) is 0 Å². The van der Waals surface area contributed by atoms with Gasteiger partial charge in [-0.1, -0.05) is 0 Å². The summed E-state index contributed by atoms with van der Waals surface area (Å²) in [6, 6.07) is 5.06. The van der Waals surface area contributed by atoms with Crippen molar-refractivity contribution in [1.29, 1.82) is 0 Å². The van der Waals surface area contributed by atoms with Gasteiger partial charge < -0.3 is 4.90 Å². The molecular weight excluding hydrogens is 364 g/mol. The lowest BCUT2D eigenvalue weighted by atomic mass is 10.1. The molecule has 0 aliphatic rings. The molecule has 1 unspecified atom stereocenters. The van der Waals surface area contributed by atoms with E-state index in [-0.39, 0.29) is 10.5 Å². The van der Waals surface area contributed by atoms with Crippen LogP contribution in [0.5, 0.6) is 0 Å². The van der Waals surface area contributed by atoms with Crippen molar-refractivity contribution in [3.05, 3.63) is 59.9 Å². The minimum absolute atomic E-state index is 0.0126. The summed E-state index contributed by atoms with van der Waals surface area (Å²) in [4.78, 5) is 17.3. The van der Waals surface area contributed by atoms with Crippen LogP contribution < -0.4 is 0 Å². The van der Waals surface area contributed by atoms with E-state index < -0.39 is 40.2 Å². The molecule has 140 valence electrons. The maximum atomic E-state index is 13.9. The smallest absolute Gasteiger partial charge is 0.244 e. The van der Waals surface area contributed by atoms with Crippen LogP contribution in [0.3, 0.4) is 0 Å². The normalized spacial score (nSPS) is 12.8. The third-order valence-electron chi connectivity index (χ3n) is 4.08. The molecule has 0 bridgehead atoms. The lowest BCUT2D eigenvalue weighted by molar-refractivity contribution is -0.131. The van der Waals surface area contributed by atoms with Gasteiger partial charge in [-0.05, 0) is 37.3 Å². The Kier molecular flexibility index (Phi) is 6.04. The SMILES string of the molecule is CC(c1cc(F)ccc1F)N(C)C(=O)CN(C)S(=O)(=O)c1cccnc1. The van der Waals surface area contributed by atoms with Crippen molar-refractivity contribution in [3.63, 3.8) is 0 Å². The van der Waals surface area contributed by atoms with Crippen LogP contribution >= 0.6 is 0 Å². The first-order valence-electron chi connectivity index (χ1n) is 7.71. The van der Waals surface area contributed by atoms with E-state index in [1.165, 1.54) is 50.4 Å². The minimum atomic E-state index is -3.88. The van der Waals surface area contributed by atoms with E-state index in [1.807, 2.05) is 0 Å². The first kappa shape index (κ1) is 19.9. The van der Waals surface area contributed by atoms with Gasteiger partial charge in [-0.25, -0.2) is 17.2 Å². The number of carbonyl (C=O) groups is 1. The van der Waals surface area contributed by atoms with Gasteiger partial charge in [-0.2, -0.15) is 4.31 Å². The molecule has 2 rings (SSSR count). The van der Waals surface area contributed by atoms with Gasteiger partial charge in [0.25, 0.3) is 0 Å². The molecule has 1 heterocycles. The van der Waals surface area contributed by atoms with Crippen LogP contribution in [0.2, 0.25) is 0 Å². The number of sulfonamides is 1. The van der Waals surface area contributed by atoms with Crippen LogP contribution in [0.15, 0.2) is 47.6 Å². The first-order chi connectivity index (χ1) is 12.1. The van der Waals surface area contributed by atoms with E-state index in [0.29, 0.717) is 0 Å². The Morgan fingerprint density at radius 1 is 1.23 bits per heavy atom. The summed E-state index contributed by atoms with van der Waals surface area (Å²) in [5, 5.41) is 0. The Morgan fingerprint density at radius 2 is 1.92 bits per heavy atom. The van der Waals surface area contributed by atoms with Gasteiger partial charge in [-0.3, -0.25) is 9.78 Å². The quantitative estimate of drug-likeness (QED) is 0.767. The molecule has 1 atom stereocenters. The fraction of sp³-hybridized carbons (Fsp3) is 0.294. The molecule has 0 radical (unpaired) electrons. The van der Waals surface area contributed by atoms with Crippen LogP contribution in [-0.2, 0) is 14.8 Å². The van der Waals surface area contributed by atoms with Crippen molar-refractivity contribution >= 4 is 15.9 Å². The monoisotopic (exact) mass is 383 g/mol. The predicted octanol–water partition coefficient (Wildman–Crippen LogP) is 2.20. The van der Waals surface area contributed by atoms with Crippen LogP contribution in [0.25, 0.3) is 0 Å². The molecular formula is C17H19F2N3O3S. The van der Waals surface area contributed by atoms with E-state index in [9.17, 15) is 22.0 Å². The van der Waals surface area contributed by atoms with Crippen molar-refractivity contribution in [1.82, 2.24) is 14.2 Å². The Bertz CT molecular complexity index is 891. The van der Waals surface area contributed by atoms with Crippen molar-refractivity contribution in [2.45, 2.75) is 17.9 Å². The number of aromatic nitrogens is 1. The highest BCUT2D eigenvalue weighted by Crippen LogP contribution is 2.23. The third kappa shape index (κ3) is 4.23. The number of nitrogens with zero attached hydrogens (tertiary/aromatic N) is 3. The Morgan fingerprint density at radius 3 is 2.54 bits per heavy atom. The number of hydrogen-bond acceptors (Lipinski definition) is 4. The molecule has 0 saturated carbocycles. The molecule has 0 fully saturated rings. The molecule has 1 aromatic carbocycles. The lowest BCUT2D eigenvalue weighted by Gasteiger charge is -2.27. The number of benzene rings is 1. The van der Waals surface area contributed by atoms with Crippen molar-refractivity contribution in [2.75, 3.05) is 20.6 Å². The van der Waals surface area contributed by atoms with E-state index in [4.69, 9.17) is 0 Å². The van der Waals surface area contributed by atoms with Gasteiger partial charge in [0.2, 0.25) is 15.9 Å². The number of likely N-dealkylation sites (N-methyl/N-ethyl adjacent to an activating group) is 2. The summed E-state index contributed by atoms with van der Waals surface area (Å²) >= 11 is 0. The van der Waals surface area contributed by atoms with Crippen molar-refractivity contribution in [3.8, 4) is 0 Å². The number of hydrogen-bond donors (Lipinski definition) is 0. The molecule has 0 saturated heterocycles. The predicted molar refractivity (Wildman–Crippen MR) is 91.6 cm³/mol. The summed E-state index contributed by atoms with van der Waals surface area (Å²) in [7, 11) is -1.21. The molecule has 26 heavy (non-hydrogen) atoms. The number of rotatable bonds is 6. The molecule has 0 spiro atoms. The average Bonchev–Trinajstić information content (AvgIpc) is 2.63. The van der Waals surface area contributed by atoms with E-state index in [0.717, 1.165) is 22.5 Å². The molecule has 1 aromatic heterocycles. The van der Waals surface area contributed by atoms with Crippen molar-refractivity contribution in [2.24, 2.45) is 0 Å². The van der Waals surface area contributed by atoms with Gasteiger partial charge in [0.1, 0.15) is 16.5 Å². The molecule has 6 nitrogen and oxygen atoms in total. The van der Waals surface area contributed by atoms with Crippen LogP contribution in [0.4, 0.5) is 8.78 Å². The van der Waals surface area contributed by atoms with E-state index in [2.05, 4.69) is 4.98 Å². The number of amides is 1. The van der Waals surface area contributed by atoms with Crippen LogP contribution in [0, 0.1) is 11.6 Å². The molecule has 9 heteroatoms. The van der Waals surface area contributed by atoms with E-state index >= 15 is 0 Å². The summed E-state index contributed by atoms with van der Waals surface area (Å²) < 4.78 is 53.0. The van der Waals surface area contributed by atoms with Crippen molar-refractivity contribution < 1.29 is 22.0 Å². The average molecular weight is 383 g/mol. The largest absolute Gasteiger partial charge is 0.338 e. The Balaban J connectivity index is 2.14. The second-order valence-corrected chi connectivity index (χ2v) is 7.84. The Labute approximate surface area is 151 Å². The summed E-state index contributed by atoms with van der Waals surface area (Å²) in [5.74, 6) is -1.82. The highest BCUT2D eigenvalue weighted by molar-refractivity contribution is 7.89. The zero-order chi connectivity index (χ0) is 19.5. The van der Waals surface area contributed by atoms with Gasteiger partial charge >= 0.3 is 0 Å². The maximum absolute atomic E-state index is 13.9. The second kappa shape index (κ2) is 7.88. The zero-order valence-corrected chi connectivity index (χ0v) is 15.4. The zero-order valence-electron chi connectivity index (χ0n) is 14.6. The van der Waals surface area contributed by atoms with Crippen LogP contribution in [-0.4, -0.2) is 49.2 Å². The number of carbonyl (C=O) groups excluding carboxylic acids is 1. The highest BCUT2D eigenvalue weighted by Gasteiger charge is 2.27. The standard InChI is InChI=1S/C17H19F2N3O3S/c1-12(15-9-13(18)6-7-16(15)19)22(3)17(23)11-21(2)26(24,25)14-5-4-8-20-10-14/h4-10,12H,11H2,1-3H3. The summed E-state index contributed by atoms with van der Waals surface area (Å²) in [6.45, 7) is 1.08. The topological polar surface area (TPSA) is 70.6 Å². The van der Waals surface area contributed by atoms with Gasteiger partial charge in [0.15, 0.2) is 0 Å². The maximum Gasteiger partial charge on any atom is 0.244 e. The molecule has 0 aliphatic heterocycles. The number of pyridine rings is 1. The molecule has 1 amide bonds. The fourth-order valence-corrected chi connectivity index (χ4v) is 3.41. The Hall–Kier alpha value is -2.39. The van der Waals surface area contributed by atoms with Crippen LogP contribution in [0.1, 0.15) is 18.5 Å². The molecule has 0 aliphatic carbocycles. The first-order valence-corrected chi connectivity index (χ1v) is 9.15. The van der Waals surface area contributed by atoms with Gasteiger partial charge in [0.05, 0.1) is 12.6 Å². The minimum Gasteiger partial charge on any atom is -0.338 e. The summed E-state index contributed by atoms with van der Waals surface area (Å²) in [6.07, 6.45) is 2.62. The highest BCUT2D eigenvalue weighted by atomic mass is 32.2.